The Labute approximate surface area is 136 Å². The molecule has 7 heteroatoms. The van der Waals surface area contributed by atoms with E-state index in [2.05, 4.69) is 15.6 Å². The molecule has 1 aromatic heterocycles. The molecule has 1 atom stereocenters. The lowest BCUT2D eigenvalue weighted by molar-refractivity contribution is -0.125. The molecular weight excluding hydrogens is 314 g/mol. The minimum absolute atomic E-state index is 0.0229. The Morgan fingerprint density at radius 2 is 2.09 bits per heavy atom. The van der Waals surface area contributed by atoms with Gasteiger partial charge in [0.25, 0.3) is 5.91 Å². The third kappa shape index (κ3) is 3.62. The van der Waals surface area contributed by atoms with Crippen molar-refractivity contribution in [2.75, 3.05) is 0 Å². The maximum atomic E-state index is 12.1. The number of nitrogens with one attached hydrogen (secondary N) is 2. The Kier molecular flexibility index (Phi) is 4.20. The number of amides is 3. The smallest absolute Gasteiger partial charge is 0.271 e. The number of aryl methyl sites for hydroxylation is 1. The third-order valence-electron chi connectivity index (χ3n) is 3.53. The SMILES string of the molecule is Cc1ccc(Cc2nc(C(=O)NC3CC(=O)NC3=O)cs2)cc1. The van der Waals surface area contributed by atoms with Gasteiger partial charge in [0.15, 0.2) is 0 Å². The fourth-order valence-corrected chi connectivity index (χ4v) is 3.09. The van der Waals surface area contributed by atoms with Crippen LogP contribution in [0.2, 0.25) is 0 Å². The topological polar surface area (TPSA) is 88.2 Å². The van der Waals surface area contributed by atoms with E-state index in [9.17, 15) is 14.4 Å². The summed E-state index contributed by atoms with van der Waals surface area (Å²) in [6.07, 6.45) is 0.631. The molecule has 1 aliphatic heterocycles. The Bertz CT molecular complexity index is 767. The Morgan fingerprint density at radius 1 is 1.35 bits per heavy atom. The van der Waals surface area contributed by atoms with Gasteiger partial charge in [0, 0.05) is 11.8 Å². The summed E-state index contributed by atoms with van der Waals surface area (Å²) in [4.78, 5) is 39.0. The lowest BCUT2D eigenvalue weighted by atomic mass is 10.1. The summed E-state index contributed by atoms with van der Waals surface area (Å²) in [5, 5.41) is 7.17. The second-order valence-corrected chi connectivity index (χ2v) is 6.37. The van der Waals surface area contributed by atoms with Crippen molar-refractivity contribution in [2.45, 2.75) is 25.8 Å². The molecule has 3 amide bonds. The minimum Gasteiger partial charge on any atom is -0.338 e. The van der Waals surface area contributed by atoms with Gasteiger partial charge in [-0.25, -0.2) is 4.98 Å². The van der Waals surface area contributed by atoms with Crippen LogP contribution in [0.4, 0.5) is 0 Å². The highest BCUT2D eigenvalue weighted by Crippen LogP contribution is 2.16. The zero-order valence-electron chi connectivity index (χ0n) is 12.5. The predicted molar refractivity (Wildman–Crippen MR) is 85.1 cm³/mol. The quantitative estimate of drug-likeness (QED) is 0.825. The lowest BCUT2D eigenvalue weighted by Crippen LogP contribution is -2.40. The summed E-state index contributed by atoms with van der Waals surface area (Å²) in [5.74, 6) is -1.29. The van der Waals surface area contributed by atoms with Crippen molar-refractivity contribution < 1.29 is 14.4 Å². The first-order valence-electron chi connectivity index (χ1n) is 7.16. The molecule has 2 aromatic rings. The molecule has 0 bridgehead atoms. The molecule has 3 rings (SSSR count). The lowest BCUT2D eigenvalue weighted by Gasteiger charge is -2.06. The number of carbonyl (C=O) groups is 3. The molecule has 0 spiro atoms. The normalized spacial score (nSPS) is 17.2. The average Bonchev–Trinajstić information content (AvgIpc) is 3.09. The minimum atomic E-state index is -0.808. The number of carbonyl (C=O) groups excluding carboxylic acids is 3. The Hall–Kier alpha value is -2.54. The number of hydrogen-bond acceptors (Lipinski definition) is 5. The summed E-state index contributed by atoms with van der Waals surface area (Å²) >= 11 is 1.40. The second kappa shape index (κ2) is 6.29. The van der Waals surface area contributed by atoms with Gasteiger partial charge in [0.05, 0.1) is 11.4 Å². The number of thiazole rings is 1. The number of hydrogen-bond donors (Lipinski definition) is 2. The van der Waals surface area contributed by atoms with Crippen LogP contribution in [-0.4, -0.2) is 28.7 Å². The highest BCUT2D eigenvalue weighted by Gasteiger charge is 2.32. The first-order chi connectivity index (χ1) is 11.0. The summed E-state index contributed by atoms with van der Waals surface area (Å²) < 4.78 is 0. The van der Waals surface area contributed by atoms with Gasteiger partial charge in [-0.2, -0.15) is 0 Å². The summed E-state index contributed by atoms with van der Waals surface area (Å²) in [7, 11) is 0. The van der Waals surface area contributed by atoms with Gasteiger partial charge < -0.3 is 5.32 Å². The average molecular weight is 329 g/mol. The monoisotopic (exact) mass is 329 g/mol. The van der Waals surface area contributed by atoms with Crippen molar-refractivity contribution >= 4 is 29.1 Å². The van der Waals surface area contributed by atoms with E-state index in [1.165, 1.54) is 16.9 Å². The van der Waals surface area contributed by atoms with Crippen molar-refractivity contribution in [3.63, 3.8) is 0 Å². The van der Waals surface area contributed by atoms with Gasteiger partial charge >= 0.3 is 0 Å². The van der Waals surface area contributed by atoms with Crippen molar-refractivity contribution in [2.24, 2.45) is 0 Å². The third-order valence-corrected chi connectivity index (χ3v) is 4.38. The van der Waals surface area contributed by atoms with E-state index >= 15 is 0 Å². The molecule has 6 nitrogen and oxygen atoms in total. The summed E-state index contributed by atoms with van der Waals surface area (Å²) in [5.41, 5.74) is 2.58. The number of aromatic nitrogens is 1. The molecular formula is C16H15N3O3S. The van der Waals surface area contributed by atoms with Crippen LogP contribution in [0.5, 0.6) is 0 Å². The van der Waals surface area contributed by atoms with E-state index in [0.29, 0.717) is 6.42 Å². The first kappa shape index (κ1) is 15.4. The van der Waals surface area contributed by atoms with Crippen LogP contribution in [0, 0.1) is 6.92 Å². The van der Waals surface area contributed by atoms with Crippen molar-refractivity contribution in [3.05, 3.63) is 51.5 Å². The Morgan fingerprint density at radius 3 is 2.74 bits per heavy atom. The fourth-order valence-electron chi connectivity index (χ4n) is 2.28. The van der Waals surface area contributed by atoms with Gasteiger partial charge in [-0.3, -0.25) is 19.7 Å². The standard InChI is InChI=1S/C16H15N3O3S/c1-9-2-4-10(5-3-9)6-14-17-12(8-23-14)16(22)18-11-7-13(20)19-15(11)21/h2-5,8,11H,6-7H2,1H3,(H,18,22)(H,19,20,21). The molecule has 2 N–H and O–H groups in total. The van der Waals surface area contributed by atoms with Crippen LogP contribution >= 0.6 is 11.3 Å². The zero-order chi connectivity index (χ0) is 16.4. The van der Waals surface area contributed by atoms with Crippen LogP contribution in [0.3, 0.4) is 0 Å². The van der Waals surface area contributed by atoms with E-state index in [0.717, 1.165) is 10.6 Å². The second-order valence-electron chi connectivity index (χ2n) is 5.43. The van der Waals surface area contributed by atoms with Gasteiger partial charge in [-0.05, 0) is 12.5 Å². The molecule has 1 aliphatic rings. The van der Waals surface area contributed by atoms with E-state index < -0.39 is 17.9 Å². The molecule has 2 heterocycles. The van der Waals surface area contributed by atoms with Crippen molar-refractivity contribution in [1.82, 2.24) is 15.6 Å². The first-order valence-corrected chi connectivity index (χ1v) is 8.04. The van der Waals surface area contributed by atoms with Gasteiger partial charge in [-0.15, -0.1) is 11.3 Å². The van der Waals surface area contributed by atoms with Crippen LogP contribution < -0.4 is 10.6 Å². The van der Waals surface area contributed by atoms with Crippen LogP contribution in [-0.2, 0) is 16.0 Å². The van der Waals surface area contributed by atoms with E-state index in [-0.39, 0.29) is 18.0 Å². The highest BCUT2D eigenvalue weighted by molar-refractivity contribution is 7.09. The number of nitrogens with zero attached hydrogens (tertiary/aromatic N) is 1. The molecule has 1 unspecified atom stereocenters. The summed E-state index contributed by atoms with van der Waals surface area (Å²) in [6.45, 7) is 2.03. The maximum Gasteiger partial charge on any atom is 0.271 e. The Balaban J connectivity index is 1.64. The van der Waals surface area contributed by atoms with Crippen LogP contribution in [0.1, 0.15) is 33.0 Å². The molecule has 1 aromatic carbocycles. The van der Waals surface area contributed by atoms with Crippen molar-refractivity contribution in [1.29, 1.82) is 0 Å². The molecule has 0 saturated carbocycles. The summed E-state index contributed by atoms with van der Waals surface area (Å²) in [6, 6.07) is 7.33. The fraction of sp³-hybridized carbons (Fsp3) is 0.250. The molecule has 118 valence electrons. The van der Waals surface area contributed by atoms with Gasteiger partial charge in [-0.1, -0.05) is 29.8 Å². The molecule has 23 heavy (non-hydrogen) atoms. The largest absolute Gasteiger partial charge is 0.338 e. The number of rotatable bonds is 4. The van der Waals surface area contributed by atoms with E-state index in [4.69, 9.17) is 0 Å². The molecule has 0 aliphatic carbocycles. The van der Waals surface area contributed by atoms with Gasteiger partial charge in [0.2, 0.25) is 11.8 Å². The predicted octanol–water partition coefficient (Wildman–Crippen LogP) is 1.19. The van der Waals surface area contributed by atoms with Crippen molar-refractivity contribution in [3.8, 4) is 0 Å². The van der Waals surface area contributed by atoms with Gasteiger partial charge in [0.1, 0.15) is 11.7 Å². The molecule has 0 radical (unpaired) electrons. The van der Waals surface area contributed by atoms with E-state index in [1.54, 1.807) is 5.38 Å². The molecule has 1 fully saturated rings. The number of imide groups is 1. The van der Waals surface area contributed by atoms with Crippen LogP contribution in [0.15, 0.2) is 29.6 Å². The van der Waals surface area contributed by atoms with E-state index in [1.807, 2.05) is 31.2 Å². The number of benzene rings is 1. The van der Waals surface area contributed by atoms with Crippen LogP contribution in [0.25, 0.3) is 0 Å². The maximum absolute atomic E-state index is 12.1. The highest BCUT2D eigenvalue weighted by atomic mass is 32.1. The molecule has 1 saturated heterocycles. The zero-order valence-corrected chi connectivity index (χ0v) is 13.3.